The van der Waals surface area contributed by atoms with E-state index in [2.05, 4.69) is 4.98 Å². The minimum absolute atomic E-state index is 0.127. The van der Waals surface area contributed by atoms with Crippen molar-refractivity contribution in [3.63, 3.8) is 0 Å². The van der Waals surface area contributed by atoms with Crippen LogP contribution in [0.4, 0.5) is 0 Å². The van der Waals surface area contributed by atoms with Crippen molar-refractivity contribution < 1.29 is 9.53 Å². The van der Waals surface area contributed by atoms with E-state index in [9.17, 15) is 4.79 Å². The molecule has 0 fully saturated rings. The first kappa shape index (κ1) is 18.3. The van der Waals surface area contributed by atoms with Gasteiger partial charge in [-0.25, -0.2) is 0 Å². The SMILES string of the molecule is Cc1cc(Cl)ccc1OCCCC(=O)N(C)CCc1ccccn1. The van der Waals surface area contributed by atoms with E-state index in [1.165, 1.54) is 0 Å². The number of rotatable bonds is 8. The Morgan fingerprint density at radius 3 is 2.83 bits per heavy atom. The number of hydrogen-bond acceptors (Lipinski definition) is 3. The van der Waals surface area contributed by atoms with Crippen molar-refractivity contribution in [2.75, 3.05) is 20.2 Å². The van der Waals surface area contributed by atoms with Gasteiger partial charge in [-0.15, -0.1) is 0 Å². The third-order valence-electron chi connectivity index (χ3n) is 3.78. The lowest BCUT2D eigenvalue weighted by atomic mass is 10.2. The highest BCUT2D eigenvalue weighted by molar-refractivity contribution is 6.30. The van der Waals surface area contributed by atoms with Gasteiger partial charge in [0.1, 0.15) is 5.75 Å². The second-order valence-electron chi connectivity index (χ2n) is 5.75. The van der Waals surface area contributed by atoms with E-state index in [1.54, 1.807) is 17.2 Å². The van der Waals surface area contributed by atoms with Crippen molar-refractivity contribution in [2.45, 2.75) is 26.2 Å². The molecule has 1 heterocycles. The molecule has 0 aliphatic heterocycles. The van der Waals surface area contributed by atoms with Gasteiger partial charge >= 0.3 is 0 Å². The number of pyridine rings is 1. The molecular weight excluding hydrogens is 324 g/mol. The van der Waals surface area contributed by atoms with Gasteiger partial charge in [-0.2, -0.15) is 0 Å². The van der Waals surface area contributed by atoms with Crippen molar-refractivity contribution in [3.05, 3.63) is 58.9 Å². The largest absolute Gasteiger partial charge is 0.493 e. The molecule has 0 atom stereocenters. The summed E-state index contributed by atoms with van der Waals surface area (Å²) in [6, 6.07) is 11.4. The molecule has 24 heavy (non-hydrogen) atoms. The number of amides is 1. The van der Waals surface area contributed by atoms with Gasteiger partial charge in [0.2, 0.25) is 5.91 Å². The Kier molecular flexibility index (Phi) is 7.07. The molecule has 1 aromatic heterocycles. The van der Waals surface area contributed by atoms with Crippen molar-refractivity contribution in [1.82, 2.24) is 9.88 Å². The lowest BCUT2D eigenvalue weighted by Crippen LogP contribution is -2.29. The van der Waals surface area contributed by atoms with Crippen molar-refractivity contribution in [1.29, 1.82) is 0 Å². The van der Waals surface area contributed by atoms with Gasteiger partial charge in [-0.1, -0.05) is 17.7 Å². The smallest absolute Gasteiger partial charge is 0.222 e. The first-order valence-electron chi connectivity index (χ1n) is 8.09. The van der Waals surface area contributed by atoms with Crippen LogP contribution in [-0.2, 0) is 11.2 Å². The van der Waals surface area contributed by atoms with E-state index in [0.717, 1.165) is 23.4 Å². The molecule has 4 nitrogen and oxygen atoms in total. The fourth-order valence-electron chi connectivity index (χ4n) is 2.32. The third kappa shape index (κ3) is 5.85. The molecule has 1 amide bonds. The lowest BCUT2D eigenvalue weighted by molar-refractivity contribution is -0.130. The van der Waals surface area contributed by atoms with Gasteiger partial charge < -0.3 is 9.64 Å². The standard InChI is InChI=1S/C19H23ClN2O2/c1-15-14-16(20)8-9-18(15)24-13-5-7-19(23)22(2)12-10-17-6-3-4-11-21-17/h3-4,6,8-9,11,14H,5,7,10,12-13H2,1-2H3. The molecule has 5 heteroatoms. The van der Waals surface area contributed by atoms with Gasteiger partial charge in [-0.05, 0) is 49.2 Å². The molecule has 0 radical (unpaired) electrons. The van der Waals surface area contributed by atoms with E-state index in [-0.39, 0.29) is 5.91 Å². The van der Waals surface area contributed by atoms with Gasteiger partial charge in [-0.3, -0.25) is 9.78 Å². The number of carbonyl (C=O) groups excluding carboxylic acids is 1. The Hall–Kier alpha value is -2.07. The van der Waals surface area contributed by atoms with Crippen LogP contribution in [0.2, 0.25) is 5.02 Å². The Morgan fingerprint density at radius 1 is 1.29 bits per heavy atom. The average Bonchev–Trinajstić information content (AvgIpc) is 2.58. The zero-order valence-corrected chi connectivity index (χ0v) is 14.9. The molecule has 0 N–H and O–H groups in total. The van der Waals surface area contributed by atoms with E-state index >= 15 is 0 Å². The summed E-state index contributed by atoms with van der Waals surface area (Å²) >= 11 is 5.92. The number of ether oxygens (including phenoxy) is 1. The predicted octanol–water partition coefficient (Wildman–Crippen LogP) is 3.90. The van der Waals surface area contributed by atoms with Crippen LogP contribution in [0.5, 0.6) is 5.75 Å². The van der Waals surface area contributed by atoms with Crippen LogP contribution in [0, 0.1) is 6.92 Å². The Morgan fingerprint density at radius 2 is 2.12 bits per heavy atom. The maximum absolute atomic E-state index is 12.1. The number of carbonyl (C=O) groups is 1. The number of benzene rings is 1. The molecular formula is C19H23ClN2O2. The fraction of sp³-hybridized carbons (Fsp3) is 0.368. The van der Waals surface area contributed by atoms with Crippen molar-refractivity contribution in [3.8, 4) is 5.75 Å². The topological polar surface area (TPSA) is 42.4 Å². The molecule has 2 aromatic rings. The van der Waals surface area contributed by atoms with Crippen LogP contribution in [0.15, 0.2) is 42.6 Å². The summed E-state index contributed by atoms with van der Waals surface area (Å²) < 4.78 is 5.71. The summed E-state index contributed by atoms with van der Waals surface area (Å²) in [6.45, 7) is 3.15. The number of likely N-dealkylation sites (N-methyl/N-ethyl adjacent to an activating group) is 1. The molecule has 2 rings (SSSR count). The molecule has 0 spiro atoms. The highest BCUT2D eigenvalue weighted by Gasteiger charge is 2.09. The number of aromatic nitrogens is 1. The predicted molar refractivity (Wildman–Crippen MR) is 96.5 cm³/mol. The normalized spacial score (nSPS) is 10.5. The van der Waals surface area contributed by atoms with Crippen LogP contribution in [-0.4, -0.2) is 36.0 Å². The quantitative estimate of drug-likeness (QED) is 0.681. The summed E-state index contributed by atoms with van der Waals surface area (Å²) in [4.78, 5) is 18.1. The summed E-state index contributed by atoms with van der Waals surface area (Å²) in [5.74, 6) is 0.942. The van der Waals surface area contributed by atoms with E-state index in [1.807, 2.05) is 44.3 Å². The molecule has 0 unspecified atom stereocenters. The molecule has 1 aromatic carbocycles. The van der Waals surface area contributed by atoms with Crippen LogP contribution in [0.3, 0.4) is 0 Å². The van der Waals surface area contributed by atoms with Gasteiger partial charge in [0.15, 0.2) is 0 Å². The maximum Gasteiger partial charge on any atom is 0.222 e. The number of halogens is 1. The Bertz CT molecular complexity index is 662. The Labute approximate surface area is 148 Å². The third-order valence-corrected chi connectivity index (χ3v) is 4.02. The second kappa shape index (κ2) is 9.28. The van der Waals surface area contributed by atoms with E-state index < -0.39 is 0 Å². The number of nitrogens with zero attached hydrogens (tertiary/aromatic N) is 2. The van der Waals surface area contributed by atoms with Crippen LogP contribution in [0.25, 0.3) is 0 Å². The van der Waals surface area contributed by atoms with Crippen LogP contribution < -0.4 is 4.74 Å². The van der Waals surface area contributed by atoms with Gasteiger partial charge in [0, 0.05) is 43.3 Å². The molecule has 0 bridgehead atoms. The first-order chi connectivity index (χ1) is 11.6. The Balaban J connectivity index is 1.67. The van der Waals surface area contributed by atoms with Crippen LogP contribution in [0.1, 0.15) is 24.1 Å². The minimum Gasteiger partial charge on any atom is -0.493 e. The lowest BCUT2D eigenvalue weighted by Gasteiger charge is -2.17. The first-order valence-corrected chi connectivity index (χ1v) is 8.47. The van der Waals surface area contributed by atoms with Crippen molar-refractivity contribution >= 4 is 17.5 Å². The molecule has 0 saturated heterocycles. The minimum atomic E-state index is 0.127. The fourth-order valence-corrected chi connectivity index (χ4v) is 2.55. The average molecular weight is 347 g/mol. The maximum atomic E-state index is 12.1. The van der Waals surface area contributed by atoms with E-state index in [0.29, 0.717) is 31.0 Å². The number of aryl methyl sites for hydroxylation is 1. The van der Waals surface area contributed by atoms with Crippen LogP contribution >= 0.6 is 11.6 Å². The summed E-state index contributed by atoms with van der Waals surface area (Å²) in [5.41, 5.74) is 2.00. The molecule has 0 aliphatic carbocycles. The summed E-state index contributed by atoms with van der Waals surface area (Å²) in [5, 5.41) is 0.699. The molecule has 0 saturated carbocycles. The van der Waals surface area contributed by atoms with Gasteiger partial charge in [0.05, 0.1) is 6.61 Å². The second-order valence-corrected chi connectivity index (χ2v) is 6.18. The highest BCUT2D eigenvalue weighted by atomic mass is 35.5. The monoisotopic (exact) mass is 346 g/mol. The van der Waals surface area contributed by atoms with E-state index in [4.69, 9.17) is 16.3 Å². The van der Waals surface area contributed by atoms with Gasteiger partial charge in [0.25, 0.3) is 0 Å². The zero-order chi connectivity index (χ0) is 17.4. The summed E-state index contributed by atoms with van der Waals surface area (Å²) in [6.07, 6.45) is 3.71. The molecule has 128 valence electrons. The highest BCUT2D eigenvalue weighted by Crippen LogP contribution is 2.21. The summed E-state index contributed by atoms with van der Waals surface area (Å²) in [7, 11) is 1.83. The molecule has 0 aliphatic rings. The van der Waals surface area contributed by atoms with Crippen molar-refractivity contribution in [2.24, 2.45) is 0 Å². The zero-order valence-electron chi connectivity index (χ0n) is 14.2. The number of hydrogen-bond donors (Lipinski definition) is 0.